The number of ether oxygens (including phenoxy) is 1. The third kappa shape index (κ3) is 3.64. The lowest BCUT2D eigenvalue weighted by molar-refractivity contribution is 0.0971. The van der Waals surface area contributed by atoms with Crippen molar-refractivity contribution in [2.75, 3.05) is 12.4 Å². The van der Waals surface area contributed by atoms with Crippen molar-refractivity contribution in [3.63, 3.8) is 0 Å². The van der Waals surface area contributed by atoms with E-state index in [0.717, 1.165) is 5.56 Å². The molecule has 1 heterocycles. The molecule has 0 saturated heterocycles. The van der Waals surface area contributed by atoms with E-state index in [4.69, 9.17) is 4.74 Å². The predicted octanol–water partition coefficient (Wildman–Crippen LogP) is 3.93. The fourth-order valence-corrected chi connectivity index (χ4v) is 3.69. The molecule has 0 spiro atoms. The van der Waals surface area contributed by atoms with Crippen LogP contribution in [0.15, 0.2) is 59.4 Å². The first-order valence-electron chi connectivity index (χ1n) is 9.82. The Kier molecular flexibility index (Phi) is 5.23. The average molecular weight is 402 g/mol. The van der Waals surface area contributed by atoms with Crippen molar-refractivity contribution >= 4 is 17.4 Å². The minimum absolute atomic E-state index is 0.0457. The molecule has 30 heavy (non-hydrogen) atoms. The zero-order valence-electron chi connectivity index (χ0n) is 16.9. The van der Waals surface area contributed by atoms with Crippen LogP contribution in [0.1, 0.15) is 44.8 Å². The molecule has 0 unspecified atom stereocenters. The van der Waals surface area contributed by atoms with E-state index < -0.39 is 11.5 Å². The molecule has 152 valence electrons. The molecule has 0 saturated carbocycles. The maximum atomic E-state index is 13.3. The Labute approximate surface area is 174 Å². The number of rotatable bonds is 4. The van der Waals surface area contributed by atoms with E-state index in [1.54, 1.807) is 31.4 Å². The monoisotopic (exact) mass is 402 g/mol. The highest BCUT2D eigenvalue weighted by atomic mass is 16.5. The molecular formula is C24H22N2O4. The molecular weight excluding hydrogens is 380 g/mol. The first-order chi connectivity index (χ1) is 14.5. The molecule has 1 aromatic heterocycles. The number of pyridine rings is 1. The summed E-state index contributed by atoms with van der Waals surface area (Å²) in [6.45, 7) is 1.96. The second kappa shape index (κ2) is 7.99. The van der Waals surface area contributed by atoms with Gasteiger partial charge >= 0.3 is 0 Å². The van der Waals surface area contributed by atoms with Crippen molar-refractivity contribution in [1.82, 2.24) is 4.57 Å². The molecule has 1 aliphatic carbocycles. The van der Waals surface area contributed by atoms with Gasteiger partial charge in [0.2, 0.25) is 0 Å². The molecule has 1 aliphatic rings. The highest BCUT2D eigenvalue weighted by molar-refractivity contribution is 6.06. The van der Waals surface area contributed by atoms with Gasteiger partial charge in [-0.2, -0.15) is 0 Å². The first-order valence-corrected chi connectivity index (χ1v) is 9.82. The van der Waals surface area contributed by atoms with Gasteiger partial charge in [-0.25, -0.2) is 0 Å². The van der Waals surface area contributed by atoms with Crippen molar-refractivity contribution in [2.45, 2.75) is 26.2 Å². The number of aryl methyl sites for hydroxylation is 1. The number of fused-ring (bicyclic) bond motifs is 1. The number of anilines is 1. The topological polar surface area (TPSA) is 77.4 Å². The van der Waals surface area contributed by atoms with E-state index >= 15 is 0 Å². The second-order valence-corrected chi connectivity index (χ2v) is 7.35. The van der Waals surface area contributed by atoms with E-state index in [1.165, 1.54) is 10.6 Å². The normalized spacial score (nSPS) is 12.9. The molecule has 0 bridgehead atoms. The number of amides is 1. The number of aromatic nitrogens is 1. The minimum Gasteiger partial charge on any atom is -0.497 e. The SMILES string of the molecule is COc1ccc(NC(=O)c2cc3c(n(-c4ccc(C)cc4)c2=O)CCCC3=O)cc1. The van der Waals surface area contributed by atoms with Gasteiger partial charge in [0.25, 0.3) is 11.5 Å². The van der Waals surface area contributed by atoms with Crippen molar-refractivity contribution in [1.29, 1.82) is 0 Å². The number of Topliss-reactive ketones (excluding diaryl/α,β-unsaturated/α-hetero) is 1. The summed E-state index contributed by atoms with van der Waals surface area (Å²) in [5.74, 6) is 0.0666. The molecule has 4 rings (SSSR count). The van der Waals surface area contributed by atoms with Crippen LogP contribution in [0.3, 0.4) is 0 Å². The summed E-state index contributed by atoms with van der Waals surface area (Å²) in [5.41, 5.74) is 2.87. The van der Waals surface area contributed by atoms with Crippen molar-refractivity contribution < 1.29 is 14.3 Å². The van der Waals surface area contributed by atoms with Gasteiger partial charge in [0.1, 0.15) is 11.3 Å². The fourth-order valence-electron chi connectivity index (χ4n) is 3.69. The molecule has 3 aromatic rings. The Bertz CT molecular complexity index is 1180. The zero-order chi connectivity index (χ0) is 21.3. The summed E-state index contributed by atoms with van der Waals surface area (Å²) in [7, 11) is 1.56. The quantitative estimate of drug-likeness (QED) is 0.717. The first kappa shape index (κ1) is 19.6. The van der Waals surface area contributed by atoms with Gasteiger partial charge in [0.15, 0.2) is 5.78 Å². The van der Waals surface area contributed by atoms with Crippen LogP contribution in [0.25, 0.3) is 5.69 Å². The van der Waals surface area contributed by atoms with Gasteiger partial charge in [-0.1, -0.05) is 17.7 Å². The third-order valence-electron chi connectivity index (χ3n) is 5.31. The highest BCUT2D eigenvalue weighted by Crippen LogP contribution is 2.24. The van der Waals surface area contributed by atoms with Crippen LogP contribution in [0.4, 0.5) is 5.69 Å². The summed E-state index contributed by atoms with van der Waals surface area (Å²) in [5, 5.41) is 2.74. The maximum Gasteiger partial charge on any atom is 0.268 e. The molecule has 0 atom stereocenters. The molecule has 0 fully saturated rings. The lowest BCUT2D eigenvalue weighted by atomic mass is 9.92. The third-order valence-corrected chi connectivity index (χ3v) is 5.31. The van der Waals surface area contributed by atoms with Crippen LogP contribution in [-0.4, -0.2) is 23.4 Å². The number of hydrogen-bond donors (Lipinski definition) is 1. The van der Waals surface area contributed by atoms with Crippen LogP contribution >= 0.6 is 0 Å². The molecule has 1 N–H and O–H groups in total. The van der Waals surface area contributed by atoms with Gasteiger partial charge in [0.05, 0.1) is 7.11 Å². The van der Waals surface area contributed by atoms with Gasteiger partial charge in [-0.3, -0.25) is 19.0 Å². The van der Waals surface area contributed by atoms with Crippen molar-refractivity contribution in [2.24, 2.45) is 0 Å². The van der Waals surface area contributed by atoms with E-state index in [0.29, 0.717) is 47.6 Å². The van der Waals surface area contributed by atoms with Crippen LogP contribution in [0.5, 0.6) is 5.75 Å². The van der Waals surface area contributed by atoms with Crippen LogP contribution in [0, 0.1) is 6.92 Å². The fraction of sp³-hybridized carbons (Fsp3) is 0.208. The standard InChI is InChI=1S/C24H22N2O4/c1-15-6-10-17(11-7-15)26-21-4-3-5-22(27)19(21)14-20(24(26)29)23(28)25-16-8-12-18(30-2)13-9-16/h6-14H,3-5H2,1-2H3,(H,25,28). The molecule has 6 heteroatoms. The van der Waals surface area contributed by atoms with Crippen LogP contribution in [-0.2, 0) is 6.42 Å². The Morgan fingerprint density at radius 3 is 2.37 bits per heavy atom. The van der Waals surface area contributed by atoms with Crippen molar-refractivity contribution in [3.8, 4) is 11.4 Å². The van der Waals surface area contributed by atoms with Crippen LogP contribution in [0.2, 0.25) is 0 Å². The van der Waals surface area contributed by atoms with E-state index in [2.05, 4.69) is 5.32 Å². The minimum atomic E-state index is -0.549. The number of carbonyl (C=O) groups is 2. The number of methoxy groups -OCH3 is 1. The van der Waals surface area contributed by atoms with Gasteiger partial charge in [-0.15, -0.1) is 0 Å². The zero-order valence-corrected chi connectivity index (χ0v) is 16.9. The molecule has 1 amide bonds. The summed E-state index contributed by atoms with van der Waals surface area (Å²) in [6.07, 6.45) is 1.72. The molecule has 2 aromatic carbocycles. The lowest BCUT2D eigenvalue weighted by Gasteiger charge is -2.21. The van der Waals surface area contributed by atoms with E-state index in [1.807, 2.05) is 31.2 Å². The molecule has 6 nitrogen and oxygen atoms in total. The van der Waals surface area contributed by atoms with Gasteiger partial charge < -0.3 is 10.1 Å². The van der Waals surface area contributed by atoms with Crippen LogP contribution < -0.4 is 15.6 Å². The molecule has 0 aliphatic heterocycles. The number of carbonyl (C=O) groups excluding carboxylic acids is 2. The predicted molar refractivity (Wildman–Crippen MR) is 115 cm³/mol. The Balaban J connectivity index is 1.81. The Morgan fingerprint density at radius 2 is 1.70 bits per heavy atom. The molecule has 0 radical (unpaired) electrons. The maximum absolute atomic E-state index is 13.3. The average Bonchev–Trinajstić information content (AvgIpc) is 2.75. The number of benzene rings is 2. The van der Waals surface area contributed by atoms with Crippen molar-refractivity contribution in [3.05, 3.63) is 87.3 Å². The smallest absolute Gasteiger partial charge is 0.268 e. The van der Waals surface area contributed by atoms with E-state index in [9.17, 15) is 14.4 Å². The number of hydrogen-bond acceptors (Lipinski definition) is 4. The Morgan fingerprint density at radius 1 is 1.00 bits per heavy atom. The summed E-state index contributed by atoms with van der Waals surface area (Å²) in [6, 6.07) is 15.8. The summed E-state index contributed by atoms with van der Waals surface area (Å²) >= 11 is 0. The van der Waals surface area contributed by atoms with Gasteiger partial charge in [0, 0.05) is 29.1 Å². The number of nitrogens with zero attached hydrogens (tertiary/aromatic N) is 1. The lowest BCUT2D eigenvalue weighted by Crippen LogP contribution is -2.33. The van der Waals surface area contributed by atoms with E-state index in [-0.39, 0.29) is 11.3 Å². The number of nitrogens with one attached hydrogen (secondary N) is 1. The van der Waals surface area contributed by atoms with Gasteiger partial charge in [-0.05, 0) is 62.2 Å². The Hall–Kier alpha value is -3.67. The second-order valence-electron chi connectivity index (χ2n) is 7.35. The summed E-state index contributed by atoms with van der Waals surface area (Å²) in [4.78, 5) is 38.9. The summed E-state index contributed by atoms with van der Waals surface area (Å²) < 4.78 is 6.63. The largest absolute Gasteiger partial charge is 0.497 e. The highest BCUT2D eigenvalue weighted by Gasteiger charge is 2.26. The number of ketones is 1.